The molecule has 18 heavy (non-hydrogen) atoms. The maximum Gasteiger partial charge on any atom is 0.203 e. The Bertz CT molecular complexity index is 354. The highest BCUT2D eigenvalue weighted by Crippen LogP contribution is 2.38. The molecule has 4 nitrogen and oxygen atoms in total. The topological polar surface area (TPSA) is 53.7 Å². The first-order chi connectivity index (χ1) is 8.65. The summed E-state index contributed by atoms with van der Waals surface area (Å²) in [7, 11) is 3.25. The van der Waals surface area contributed by atoms with Crippen LogP contribution in [-0.4, -0.2) is 26.9 Å². The van der Waals surface area contributed by atoms with Crippen LogP contribution >= 0.6 is 0 Å². The number of benzene rings is 1. The normalized spacial score (nSPS) is 12.1. The van der Waals surface area contributed by atoms with Crippen LogP contribution in [0, 0.1) is 0 Å². The van der Waals surface area contributed by atoms with Gasteiger partial charge in [-0.25, -0.2) is 0 Å². The van der Waals surface area contributed by atoms with Crippen molar-refractivity contribution < 1.29 is 14.2 Å². The molecule has 0 amide bonds. The molecule has 1 aromatic carbocycles. The molecule has 0 radical (unpaired) electrons. The molecule has 0 spiro atoms. The maximum atomic E-state index is 5.97. The molecular formula is C14H23NO3. The molecule has 0 heterocycles. The van der Waals surface area contributed by atoms with Crippen molar-refractivity contribution in [2.24, 2.45) is 5.73 Å². The molecule has 0 saturated carbocycles. The summed E-state index contributed by atoms with van der Waals surface area (Å²) in [6.07, 6.45) is 1.74. The fourth-order valence-electron chi connectivity index (χ4n) is 1.79. The maximum absolute atomic E-state index is 5.97. The van der Waals surface area contributed by atoms with Gasteiger partial charge in [0, 0.05) is 6.04 Å². The number of hydrogen-bond donors (Lipinski definition) is 1. The fourth-order valence-corrected chi connectivity index (χ4v) is 1.79. The van der Waals surface area contributed by atoms with E-state index in [9.17, 15) is 0 Å². The van der Waals surface area contributed by atoms with Gasteiger partial charge < -0.3 is 19.9 Å². The zero-order valence-electron chi connectivity index (χ0n) is 11.7. The summed E-state index contributed by atoms with van der Waals surface area (Å²) < 4.78 is 16.3. The largest absolute Gasteiger partial charge is 0.493 e. The van der Waals surface area contributed by atoms with Gasteiger partial charge in [0.25, 0.3) is 0 Å². The molecule has 0 aliphatic heterocycles. The summed E-state index contributed by atoms with van der Waals surface area (Å²) >= 11 is 0. The van der Waals surface area contributed by atoms with Gasteiger partial charge in [0.05, 0.1) is 20.8 Å². The van der Waals surface area contributed by atoms with Crippen LogP contribution < -0.4 is 19.9 Å². The first-order valence-electron chi connectivity index (χ1n) is 6.29. The van der Waals surface area contributed by atoms with Crippen molar-refractivity contribution in [2.45, 2.75) is 32.7 Å². The lowest BCUT2D eigenvalue weighted by molar-refractivity contribution is 0.288. The minimum Gasteiger partial charge on any atom is -0.493 e. The molecule has 4 heteroatoms. The van der Waals surface area contributed by atoms with E-state index < -0.39 is 0 Å². The summed E-state index contributed by atoms with van der Waals surface area (Å²) in [5.74, 6) is 2.03. The van der Waals surface area contributed by atoms with E-state index in [1.165, 1.54) is 0 Å². The summed E-state index contributed by atoms with van der Waals surface area (Å²) in [6.45, 7) is 4.58. The summed E-state index contributed by atoms with van der Waals surface area (Å²) in [4.78, 5) is 0. The monoisotopic (exact) mass is 253 g/mol. The highest BCUT2D eigenvalue weighted by molar-refractivity contribution is 5.54. The van der Waals surface area contributed by atoms with Crippen molar-refractivity contribution in [3.8, 4) is 17.2 Å². The number of rotatable bonds is 7. The molecule has 0 aliphatic rings. The van der Waals surface area contributed by atoms with Crippen molar-refractivity contribution in [2.75, 3.05) is 20.8 Å². The van der Waals surface area contributed by atoms with E-state index in [2.05, 4.69) is 6.92 Å². The van der Waals surface area contributed by atoms with Gasteiger partial charge in [-0.15, -0.1) is 0 Å². The van der Waals surface area contributed by atoms with Crippen LogP contribution in [0.2, 0.25) is 0 Å². The van der Waals surface area contributed by atoms with Crippen LogP contribution in [0.15, 0.2) is 12.1 Å². The van der Waals surface area contributed by atoms with Crippen molar-refractivity contribution in [1.82, 2.24) is 0 Å². The predicted octanol–water partition coefficient (Wildman–Crippen LogP) is 2.38. The minimum atomic E-state index is 0.150. The number of nitrogens with two attached hydrogens (primary N) is 1. The smallest absolute Gasteiger partial charge is 0.203 e. The SMILES string of the molecule is CCOc1c(OC)cc(CC(N)CC)cc1OC. The fraction of sp³-hybridized carbons (Fsp3) is 0.571. The highest BCUT2D eigenvalue weighted by atomic mass is 16.5. The number of ether oxygens (including phenoxy) is 3. The summed E-state index contributed by atoms with van der Waals surface area (Å²) in [5.41, 5.74) is 7.07. The molecule has 1 unspecified atom stereocenters. The molecule has 0 saturated heterocycles. The second-order valence-corrected chi connectivity index (χ2v) is 4.13. The zero-order chi connectivity index (χ0) is 13.5. The average Bonchev–Trinajstić information content (AvgIpc) is 2.39. The lowest BCUT2D eigenvalue weighted by Gasteiger charge is -2.16. The van der Waals surface area contributed by atoms with Crippen molar-refractivity contribution in [1.29, 1.82) is 0 Å². The van der Waals surface area contributed by atoms with Crippen LogP contribution in [0.1, 0.15) is 25.8 Å². The van der Waals surface area contributed by atoms with E-state index in [1.807, 2.05) is 19.1 Å². The summed E-state index contributed by atoms with van der Waals surface area (Å²) in [5, 5.41) is 0. The number of hydrogen-bond acceptors (Lipinski definition) is 4. The van der Waals surface area contributed by atoms with Gasteiger partial charge in [-0.3, -0.25) is 0 Å². The molecule has 102 valence electrons. The average molecular weight is 253 g/mol. The standard InChI is InChI=1S/C14H23NO3/c1-5-11(15)7-10-8-12(16-3)14(18-6-2)13(9-10)17-4/h8-9,11H,5-7,15H2,1-4H3. The van der Waals surface area contributed by atoms with Crippen LogP contribution in [0.4, 0.5) is 0 Å². The van der Waals surface area contributed by atoms with Gasteiger partial charge in [0.2, 0.25) is 5.75 Å². The third kappa shape index (κ3) is 3.53. The molecule has 0 aromatic heterocycles. The Morgan fingerprint density at radius 2 is 1.67 bits per heavy atom. The van der Waals surface area contributed by atoms with Crippen molar-refractivity contribution >= 4 is 0 Å². The molecule has 1 atom stereocenters. The molecule has 1 aromatic rings. The highest BCUT2D eigenvalue weighted by Gasteiger charge is 2.14. The van der Waals surface area contributed by atoms with Crippen LogP contribution in [0.3, 0.4) is 0 Å². The first kappa shape index (κ1) is 14.6. The van der Waals surface area contributed by atoms with E-state index in [0.717, 1.165) is 18.4 Å². The van der Waals surface area contributed by atoms with Gasteiger partial charge >= 0.3 is 0 Å². The van der Waals surface area contributed by atoms with Gasteiger partial charge in [-0.1, -0.05) is 6.92 Å². The summed E-state index contributed by atoms with van der Waals surface area (Å²) in [6, 6.07) is 4.07. The first-order valence-corrected chi connectivity index (χ1v) is 6.29. The van der Waals surface area contributed by atoms with E-state index >= 15 is 0 Å². The second kappa shape index (κ2) is 7.11. The second-order valence-electron chi connectivity index (χ2n) is 4.13. The van der Waals surface area contributed by atoms with Gasteiger partial charge in [0.15, 0.2) is 11.5 Å². The van der Waals surface area contributed by atoms with Gasteiger partial charge in [0.1, 0.15) is 0 Å². The minimum absolute atomic E-state index is 0.150. The van der Waals surface area contributed by atoms with Crippen molar-refractivity contribution in [3.05, 3.63) is 17.7 Å². The Morgan fingerprint density at radius 1 is 1.11 bits per heavy atom. The van der Waals surface area contributed by atoms with E-state index in [0.29, 0.717) is 23.9 Å². The molecule has 0 bridgehead atoms. The Morgan fingerprint density at radius 3 is 2.06 bits per heavy atom. The van der Waals surface area contributed by atoms with Crippen LogP contribution in [0.5, 0.6) is 17.2 Å². The molecule has 2 N–H and O–H groups in total. The van der Waals surface area contributed by atoms with E-state index in [-0.39, 0.29) is 6.04 Å². The van der Waals surface area contributed by atoms with E-state index in [4.69, 9.17) is 19.9 Å². The Kier molecular flexibility index (Phi) is 5.78. The lowest BCUT2D eigenvalue weighted by Crippen LogP contribution is -2.21. The van der Waals surface area contributed by atoms with Gasteiger partial charge in [-0.2, -0.15) is 0 Å². The Balaban J connectivity index is 3.09. The molecule has 0 fully saturated rings. The molecule has 1 rings (SSSR count). The Labute approximate surface area is 109 Å². The Hall–Kier alpha value is -1.42. The predicted molar refractivity (Wildman–Crippen MR) is 72.7 cm³/mol. The van der Waals surface area contributed by atoms with Crippen LogP contribution in [0.25, 0.3) is 0 Å². The van der Waals surface area contributed by atoms with Crippen molar-refractivity contribution in [3.63, 3.8) is 0 Å². The lowest BCUT2D eigenvalue weighted by atomic mass is 10.0. The number of methoxy groups -OCH3 is 2. The molecule has 0 aliphatic carbocycles. The van der Waals surface area contributed by atoms with Crippen LogP contribution in [-0.2, 0) is 6.42 Å². The third-order valence-corrected chi connectivity index (χ3v) is 2.83. The quantitative estimate of drug-likeness (QED) is 0.810. The zero-order valence-corrected chi connectivity index (χ0v) is 11.7. The van der Waals surface area contributed by atoms with Gasteiger partial charge in [-0.05, 0) is 37.5 Å². The van der Waals surface area contributed by atoms with E-state index in [1.54, 1.807) is 14.2 Å². The third-order valence-electron chi connectivity index (χ3n) is 2.83. The molecular weight excluding hydrogens is 230 g/mol.